The van der Waals surface area contributed by atoms with Gasteiger partial charge in [-0.15, -0.1) is 10.2 Å². The maximum absolute atomic E-state index is 12.1. The molecule has 3 aromatic rings. The smallest absolute Gasteiger partial charge is 0.315 e. The summed E-state index contributed by atoms with van der Waals surface area (Å²) in [5, 5.41) is 18.1. The molecule has 0 saturated heterocycles. The third-order valence-electron chi connectivity index (χ3n) is 3.74. The number of rotatable bonds is 7. The number of nitrogens with one attached hydrogen (secondary N) is 2. The molecule has 25 heavy (non-hydrogen) atoms. The lowest BCUT2D eigenvalue weighted by Crippen LogP contribution is -2.37. The normalized spacial score (nSPS) is 12.2. The van der Waals surface area contributed by atoms with Gasteiger partial charge in [-0.1, -0.05) is 6.07 Å². The molecule has 0 unspecified atom stereocenters. The lowest BCUT2D eigenvalue weighted by molar-refractivity contribution is 0.183. The molecule has 0 spiro atoms. The van der Waals surface area contributed by atoms with Crippen molar-refractivity contribution < 1.29 is 9.53 Å². The summed E-state index contributed by atoms with van der Waals surface area (Å²) in [6.45, 7) is 3.54. The average Bonchev–Trinajstić information content (AvgIpc) is 3.25. The summed E-state index contributed by atoms with van der Waals surface area (Å²) in [4.78, 5) is 12.1. The number of hydrogen-bond donors (Lipinski definition) is 2. The molecule has 0 radical (unpaired) electrons. The Kier molecular flexibility index (Phi) is 5.24. The van der Waals surface area contributed by atoms with Gasteiger partial charge in [-0.3, -0.25) is 9.08 Å². The third-order valence-corrected chi connectivity index (χ3v) is 3.74. The maximum atomic E-state index is 12.1. The number of aromatic nitrogens is 5. The van der Waals surface area contributed by atoms with E-state index in [2.05, 4.69) is 25.9 Å². The topological polar surface area (TPSA) is 98.4 Å². The quantitative estimate of drug-likeness (QED) is 0.670. The van der Waals surface area contributed by atoms with Gasteiger partial charge >= 0.3 is 6.03 Å². The standard InChI is InChI=1S/C16H21N7O2/c1-12(15-21-20-14-5-3-4-6-23(14)15)19-16(24)17-9-13-10-18-22(11-13)7-8-25-2/h3-6,10-12H,7-9H2,1-2H3,(H2,17,19,24)/t12-/m1/s1. The summed E-state index contributed by atoms with van der Waals surface area (Å²) in [7, 11) is 1.65. The molecule has 0 aliphatic carbocycles. The predicted octanol–water partition coefficient (Wildman–Crippen LogP) is 1.13. The van der Waals surface area contributed by atoms with Crippen LogP contribution in [0.2, 0.25) is 0 Å². The van der Waals surface area contributed by atoms with E-state index in [0.717, 1.165) is 11.2 Å². The van der Waals surface area contributed by atoms with Crippen LogP contribution >= 0.6 is 0 Å². The zero-order valence-electron chi connectivity index (χ0n) is 14.2. The van der Waals surface area contributed by atoms with Crippen LogP contribution in [0.5, 0.6) is 0 Å². The molecule has 132 valence electrons. The van der Waals surface area contributed by atoms with E-state index < -0.39 is 0 Å². The van der Waals surface area contributed by atoms with Crippen molar-refractivity contribution in [2.24, 2.45) is 0 Å². The van der Waals surface area contributed by atoms with E-state index in [9.17, 15) is 4.79 Å². The van der Waals surface area contributed by atoms with Gasteiger partial charge in [0.25, 0.3) is 0 Å². The van der Waals surface area contributed by atoms with Gasteiger partial charge in [-0.2, -0.15) is 5.10 Å². The van der Waals surface area contributed by atoms with Crippen molar-refractivity contribution >= 4 is 11.7 Å². The van der Waals surface area contributed by atoms with Gasteiger partial charge in [0.2, 0.25) is 0 Å². The zero-order valence-corrected chi connectivity index (χ0v) is 14.2. The molecule has 3 heterocycles. The molecular weight excluding hydrogens is 322 g/mol. The molecule has 3 rings (SSSR count). The molecule has 9 heteroatoms. The van der Waals surface area contributed by atoms with E-state index in [1.165, 1.54) is 0 Å². The second-order valence-corrected chi connectivity index (χ2v) is 5.64. The highest BCUT2D eigenvalue weighted by Crippen LogP contribution is 2.11. The van der Waals surface area contributed by atoms with Gasteiger partial charge in [-0.25, -0.2) is 4.79 Å². The van der Waals surface area contributed by atoms with E-state index >= 15 is 0 Å². The van der Waals surface area contributed by atoms with Crippen molar-refractivity contribution in [1.82, 2.24) is 35.0 Å². The van der Waals surface area contributed by atoms with Crippen molar-refractivity contribution in [3.05, 3.63) is 48.2 Å². The highest BCUT2D eigenvalue weighted by molar-refractivity contribution is 5.74. The first-order valence-electron chi connectivity index (χ1n) is 8.01. The number of amides is 2. The fraction of sp³-hybridized carbons (Fsp3) is 0.375. The Morgan fingerprint density at radius 1 is 1.36 bits per heavy atom. The number of ether oxygens (including phenoxy) is 1. The summed E-state index contributed by atoms with van der Waals surface area (Å²) >= 11 is 0. The average molecular weight is 343 g/mol. The van der Waals surface area contributed by atoms with Crippen LogP contribution in [0, 0.1) is 0 Å². The fourth-order valence-electron chi connectivity index (χ4n) is 2.45. The number of methoxy groups -OCH3 is 1. The van der Waals surface area contributed by atoms with Crippen LogP contribution in [0.4, 0.5) is 4.79 Å². The summed E-state index contributed by atoms with van der Waals surface area (Å²) < 4.78 is 8.64. The van der Waals surface area contributed by atoms with Gasteiger partial charge in [-0.05, 0) is 19.1 Å². The van der Waals surface area contributed by atoms with Crippen LogP contribution in [0.3, 0.4) is 0 Å². The Hall–Kier alpha value is -2.94. The second kappa shape index (κ2) is 7.75. The van der Waals surface area contributed by atoms with Crippen molar-refractivity contribution in [1.29, 1.82) is 0 Å². The van der Waals surface area contributed by atoms with Crippen molar-refractivity contribution in [3.63, 3.8) is 0 Å². The predicted molar refractivity (Wildman–Crippen MR) is 90.9 cm³/mol. The second-order valence-electron chi connectivity index (χ2n) is 5.64. The number of urea groups is 1. The molecule has 0 aliphatic heterocycles. The van der Waals surface area contributed by atoms with E-state index in [1.807, 2.05) is 41.9 Å². The number of carbonyl (C=O) groups is 1. The van der Waals surface area contributed by atoms with Crippen molar-refractivity contribution in [2.45, 2.75) is 26.1 Å². The molecule has 0 fully saturated rings. The minimum absolute atomic E-state index is 0.273. The lowest BCUT2D eigenvalue weighted by Gasteiger charge is -2.13. The Morgan fingerprint density at radius 2 is 2.24 bits per heavy atom. The van der Waals surface area contributed by atoms with Crippen molar-refractivity contribution in [3.8, 4) is 0 Å². The summed E-state index contributed by atoms with van der Waals surface area (Å²) in [6, 6.07) is 5.11. The van der Waals surface area contributed by atoms with E-state index in [-0.39, 0.29) is 12.1 Å². The number of hydrogen-bond acceptors (Lipinski definition) is 5. The van der Waals surface area contributed by atoms with Gasteiger partial charge in [0.15, 0.2) is 11.5 Å². The maximum Gasteiger partial charge on any atom is 0.315 e. The van der Waals surface area contributed by atoms with Crippen LogP contribution in [0.1, 0.15) is 24.4 Å². The number of nitrogens with zero attached hydrogens (tertiary/aromatic N) is 5. The Balaban J connectivity index is 1.53. The van der Waals surface area contributed by atoms with Crippen molar-refractivity contribution in [2.75, 3.05) is 13.7 Å². The summed E-state index contributed by atoms with van der Waals surface area (Å²) in [6.07, 6.45) is 5.48. The Labute approximate surface area is 145 Å². The molecule has 3 aromatic heterocycles. The molecule has 1 atom stereocenters. The summed E-state index contributed by atoms with van der Waals surface area (Å²) in [5.41, 5.74) is 1.67. The van der Waals surface area contributed by atoms with Crippen LogP contribution in [0.25, 0.3) is 5.65 Å². The first-order valence-corrected chi connectivity index (χ1v) is 8.01. The Bertz CT molecular complexity index is 842. The van der Waals surface area contributed by atoms with Crippen LogP contribution in [0.15, 0.2) is 36.8 Å². The molecule has 0 bridgehead atoms. The van der Waals surface area contributed by atoms with Gasteiger partial charge in [0.1, 0.15) is 0 Å². The monoisotopic (exact) mass is 343 g/mol. The van der Waals surface area contributed by atoms with Gasteiger partial charge < -0.3 is 15.4 Å². The summed E-state index contributed by atoms with van der Waals surface area (Å²) in [5.74, 6) is 0.679. The molecule has 0 saturated carbocycles. The Morgan fingerprint density at radius 3 is 3.08 bits per heavy atom. The minimum Gasteiger partial charge on any atom is -0.383 e. The van der Waals surface area contributed by atoms with Crippen LogP contribution in [-0.2, 0) is 17.8 Å². The fourth-order valence-corrected chi connectivity index (χ4v) is 2.45. The molecule has 0 aliphatic rings. The molecule has 2 amide bonds. The third kappa shape index (κ3) is 4.13. The highest BCUT2D eigenvalue weighted by atomic mass is 16.5. The van der Waals surface area contributed by atoms with Gasteiger partial charge in [0, 0.05) is 31.6 Å². The van der Waals surface area contributed by atoms with E-state index in [0.29, 0.717) is 25.5 Å². The first-order chi connectivity index (χ1) is 12.2. The van der Waals surface area contributed by atoms with Crippen LogP contribution in [-0.4, -0.2) is 44.1 Å². The van der Waals surface area contributed by atoms with Gasteiger partial charge in [0.05, 0.1) is 25.4 Å². The minimum atomic E-state index is -0.276. The molecule has 2 N–H and O–H groups in total. The first kappa shape index (κ1) is 16.9. The lowest BCUT2D eigenvalue weighted by atomic mass is 10.3. The molecular formula is C16H21N7O2. The highest BCUT2D eigenvalue weighted by Gasteiger charge is 2.15. The number of fused-ring (bicyclic) bond motifs is 1. The molecule has 9 nitrogen and oxygen atoms in total. The largest absolute Gasteiger partial charge is 0.383 e. The van der Waals surface area contributed by atoms with E-state index in [1.54, 1.807) is 18.0 Å². The van der Waals surface area contributed by atoms with E-state index in [4.69, 9.17) is 4.74 Å². The number of carbonyl (C=O) groups excluding carboxylic acids is 1. The SMILES string of the molecule is COCCn1cc(CNC(=O)N[C@H](C)c2nnc3ccccn23)cn1. The van der Waals surface area contributed by atoms with Crippen LogP contribution < -0.4 is 10.6 Å². The zero-order chi connectivity index (χ0) is 17.6. The number of pyridine rings is 1. The molecule has 0 aromatic carbocycles.